The fraction of sp³-hybridized carbons (Fsp3) is 0.258. The molecular formula is C97H104ClF3N8O4. The van der Waals surface area contributed by atoms with E-state index in [1.54, 1.807) is 55.0 Å². The van der Waals surface area contributed by atoms with Crippen LogP contribution in [-0.4, -0.2) is 69.7 Å². The van der Waals surface area contributed by atoms with Crippen molar-refractivity contribution in [2.24, 2.45) is 0 Å². The van der Waals surface area contributed by atoms with E-state index in [2.05, 4.69) is 96.7 Å². The van der Waals surface area contributed by atoms with Crippen LogP contribution in [0.5, 0.6) is 0 Å². The van der Waals surface area contributed by atoms with Crippen molar-refractivity contribution in [2.75, 3.05) is 26.2 Å². The predicted molar refractivity (Wildman–Crippen MR) is 452 cm³/mol. The number of nitrogens with zero attached hydrogens (tertiary/aromatic N) is 4. The lowest BCUT2D eigenvalue weighted by Crippen LogP contribution is -2.25. The first kappa shape index (κ1) is 86.9. The zero-order valence-electron chi connectivity index (χ0n) is 65.3. The van der Waals surface area contributed by atoms with Crippen molar-refractivity contribution in [3.8, 4) is 0 Å². The van der Waals surface area contributed by atoms with E-state index in [0.717, 1.165) is 146 Å². The van der Waals surface area contributed by atoms with Crippen molar-refractivity contribution >= 4 is 35.2 Å². The number of rotatable bonds is 28. The van der Waals surface area contributed by atoms with Crippen LogP contribution in [0.4, 0.5) is 13.2 Å². The summed E-state index contributed by atoms with van der Waals surface area (Å²) in [5.74, 6) is -0.864. The molecule has 584 valence electrons. The van der Waals surface area contributed by atoms with Gasteiger partial charge in [0.05, 0.1) is 0 Å². The summed E-state index contributed by atoms with van der Waals surface area (Å²) in [7, 11) is 0. The Labute approximate surface area is 670 Å². The van der Waals surface area contributed by atoms with Crippen molar-refractivity contribution < 1.29 is 32.3 Å². The topological polar surface area (TPSA) is 168 Å². The Morgan fingerprint density at radius 3 is 0.947 bits per heavy atom. The molecule has 0 fully saturated rings. The number of amides is 4. The molecule has 4 heterocycles. The third-order valence-electron chi connectivity index (χ3n) is 19.2. The molecule has 0 radical (unpaired) electrons. The van der Waals surface area contributed by atoms with Gasteiger partial charge >= 0.3 is 0 Å². The quantitative estimate of drug-likeness (QED) is 0.0376. The SMILES string of the molecule is C.CCCNC(=O)c1cccc(Cc2cc(Cc3ccc(Cl)cc3F)ccn2)c1C.CCCNC(=O)c1cccc(Cc2cc(Cc3ccc(F)cc3)ccn2)c1C.CCCNC(=O)c1cccc(Cc2cc(Cc3cccc(F)c3)ccn2)c1C.CCCNC(=O)c1cccc(Cc2cc(Cc3ccccc3)ccn2)c1C. The molecule has 0 atom stereocenters. The molecule has 0 aliphatic heterocycles. The lowest BCUT2D eigenvalue weighted by Gasteiger charge is -2.12. The predicted octanol–water partition coefficient (Wildman–Crippen LogP) is 20.6. The van der Waals surface area contributed by atoms with E-state index in [0.29, 0.717) is 85.6 Å². The van der Waals surface area contributed by atoms with E-state index < -0.39 is 0 Å². The molecule has 0 aliphatic carbocycles. The van der Waals surface area contributed by atoms with Crippen LogP contribution in [0, 0.1) is 45.1 Å². The maximum atomic E-state index is 14.1. The molecule has 12 nitrogen and oxygen atoms in total. The number of nitrogens with one attached hydrogen (secondary N) is 4. The molecule has 4 aromatic heterocycles. The van der Waals surface area contributed by atoms with Gasteiger partial charge in [0, 0.05) is 133 Å². The molecule has 8 aromatic carbocycles. The molecular weight excluding hydrogens is 1430 g/mol. The van der Waals surface area contributed by atoms with Gasteiger partial charge in [0.2, 0.25) is 0 Å². The van der Waals surface area contributed by atoms with Crippen molar-refractivity contribution in [3.05, 3.63) is 400 Å². The number of aromatic nitrogens is 4. The van der Waals surface area contributed by atoms with Crippen LogP contribution < -0.4 is 21.3 Å². The second kappa shape index (κ2) is 45.0. The normalized spacial score (nSPS) is 10.6. The summed E-state index contributed by atoms with van der Waals surface area (Å²) in [6, 6.07) is 67.9. The Bertz CT molecular complexity index is 5110. The molecule has 0 unspecified atom stereocenters. The summed E-state index contributed by atoms with van der Waals surface area (Å²) < 4.78 is 40.6. The molecule has 113 heavy (non-hydrogen) atoms. The molecule has 0 spiro atoms. The molecule has 0 saturated carbocycles. The highest BCUT2D eigenvalue weighted by Crippen LogP contribution is 2.26. The van der Waals surface area contributed by atoms with Crippen molar-refractivity contribution in [3.63, 3.8) is 0 Å². The van der Waals surface area contributed by atoms with E-state index in [1.165, 1.54) is 35.4 Å². The van der Waals surface area contributed by atoms with Crippen molar-refractivity contribution in [2.45, 2.75) is 140 Å². The molecule has 4 amide bonds. The maximum absolute atomic E-state index is 14.1. The minimum Gasteiger partial charge on any atom is -0.352 e. The van der Waals surface area contributed by atoms with Gasteiger partial charge in [0.1, 0.15) is 17.5 Å². The van der Waals surface area contributed by atoms with Crippen LogP contribution in [0.2, 0.25) is 5.02 Å². The average molecular weight is 1540 g/mol. The number of hydrogen-bond acceptors (Lipinski definition) is 8. The summed E-state index contributed by atoms with van der Waals surface area (Å²) in [5, 5.41) is 12.2. The molecule has 4 N–H and O–H groups in total. The molecule has 16 heteroatoms. The van der Waals surface area contributed by atoms with Gasteiger partial charge in [-0.3, -0.25) is 39.1 Å². The second-order valence-electron chi connectivity index (χ2n) is 27.9. The van der Waals surface area contributed by atoms with E-state index in [-0.39, 0.29) is 48.5 Å². The highest BCUT2D eigenvalue weighted by Gasteiger charge is 2.18. The van der Waals surface area contributed by atoms with E-state index in [9.17, 15) is 32.3 Å². The fourth-order valence-electron chi connectivity index (χ4n) is 13.0. The van der Waals surface area contributed by atoms with Gasteiger partial charge in [0.15, 0.2) is 0 Å². The van der Waals surface area contributed by atoms with Crippen LogP contribution in [0.25, 0.3) is 0 Å². The third kappa shape index (κ3) is 27.1. The minimum atomic E-state index is -0.308. The van der Waals surface area contributed by atoms with Gasteiger partial charge in [-0.25, -0.2) is 13.2 Å². The number of hydrogen-bond donors (Lipinski definition) is 4. The lowest BCUT2D eigenvalue weighted by atomic mass is 9.97. The number of halogens is 4. The van der Waals surface area contributed by atoms with Crippen LogP contribution in [0.3, 0.4) is 0 Å². The molecule has 0 saturated heterocycles. The first-order valence-electron chi connectivity index (χ1n) is 38.5. The maximum Gasteiger partial charge on any atom is 0.251 e. The van der Waals surface area contributed by atoms with E-state index in [4.69, 9.17) is 11.6 Å². The minimum absolute atomic E-state index is 0. The van der Waals surface area contributed by atoms with Crippen LogP contribution >= 0.6 is 11.6 Å². The monoisotopic (exact) mass is 1540 g/mol. The van der Waals surface area contributed by atoms with E-state index >= 15 is 0 Å². The molecule has 0 bridgehead atoms. The summed E-state index contributed by atoms with van der Waals surface area (Å²) in [6.07, 6.45) is 16.3. The zero-order valence-corrected chi connectivity index (χ0v) is 66.1. The molecule has 12 rings (SSSR count). The first-order valence-corrected chi connectivity index (χ1v) is 38.8. The lowest BCUT2D eigenvalue weighted by molar-refractivity contribution is 0.0944. The Kier molecular flexibility index (Phi) is 34.6. The number of carbonyl (C=O) groups excluding carboxylic acids is 4. The Morgan fingerprint density at radius 2 is 0.611 bits per heavy atom. The van der Waals surface area contributed by atoms with Gasteiger partial charge < -0.3 is 21.3 Å². The Morgan fingerprint density at radius 1 is 0.301 bits per heavy atom. The second-order valence-corrected chi connectivity index (χ2v) is 28.3. The van der Waals surface area contributed by atoms with Crippen LogP contribution in [0.1, 0.15) is 214 Å². The molecule has 0 aliphatic rings. The summed E-state index contributed by atoms with van der Waals surface area (Å²) in [6.45, 7) is 18.8. The summed E-state index contributed by atoms with van der Waals surface area (Å²) in [5.41, 5.74) is 23.3. The molecule has 12 aromatic rings. The third-order valence-corrected chi connectivity index (χ3v) is 19.4. The number of pyridine rings is 4. The first-order chi connectivity index (χ1) is 54.3. The fourth-order valence-corrected chi connectivity index (χ4v) is 13.1. The summed E-state index contributed by atoms with van der Waals surface area (Å²) in [4.78, 5) is 67.4. The van der Waals surface area contributed by atoms with Crippen molar-refractivity contribution in [1.29, 1.82) is 0 Å². The average Bonchev–Trinajstić information content (AvgIpc) is 0.840. The summed E-state index contributed by atoms with van der Waals surface area (Å²) >= 11 is 5.83. The van der Waals surface area contributed by atoms with E-state index in [1.807, 2.05) is 164 Å². The largest absolute Gasteiger partial charge is 0.352 e. The Balaban J connectivity index is 0.000000188. The van der Waals surface area contributed by atoms with Gasteiger partial charge in [0.25, 0.3) is 23.6 Å². The van der Waals surface area contributed by atoms with Gasteiger partial charge in [-0.15, -0.1) is 0 Å². The number of carbonyl (C=O) groups is 4. The highest BCUT2D eigenvalue weighted by molar-refractivity contribution is 6.30. The Hall–Kier alpha value is -11.7. The highest BCUT2D eigenvalue weighted by atomic mass is 35.5. The zero-order chi connectivity index (χ0) is 79.7. The van der Waals surface area contributed by atoms with Crippen LogP contribution in [-0.2, 0) is 51.4 Å². The van der Waals surface area contributed by atoms with Crippen LogP contribution in [0.15, 0.2) is 243 Å². The van der Waals surface area contributed by atoms with Gasteiger partial charge in [-0.05, 0) is 271 Å². The smallest absolute Gasteiger partial charge is 0.251 e. The van der Waals surface area contributed by atoms with Gasteiger partial charge in [-0.2, -0.15) is 0 Å². The van der Waals surface area contributed by atoms with Gasteiger partial charge in [-0.1, -0.05) is 156 Å². The van der Waals surface area contributed by atoms with Crippen molar-refractivity contribution in [1.82, 2.24) is 41.2 Å². The standard InChI is InChI=1S/C24H24ClFN2O.2C24H25FN2O.C24H26N2O.CH4/c1-3-10-28-24(29)22-6-4-5-18(16(22)2)14-21-13-17(9-11-27-21)12-19-7-8-20(25)15-23(19)26;1-3-11-27-24(28)23-9-5-7-20(17(23)2)16-22-15-19(10-12-26-22)13-18-6-4-8-21(25)14-18;1-3-12-27-24(28)23-6-4-5-20(17(23)2)16-22-15-19(11-13-26-22)14-18-7-9-21(25)10-8-18;1-3-13-26-24(27)23-11-7-10-21(18(23)2)17-22-16-20(12-14-25-22)15-19-8-5-4-6-9-19;/h4-9,11,13,15H,3,10,12,14H2,1-2H3,(H,28,29);4-10,12,14-15H,3,11,13,16H2,1-2H3,(H,27,28);4-11,13,15H,3,12,14,16H2,1-2H3,(H,27,28);4-12,14,16H,3,13,15,17H2,1-2H3,(H,26,27);1H4. The number of benzene rings is 8.